The molecule has 4 atom stereocenters. The van der Waals surface area contributed by atoms with E-state index in [4.69, 9.17) is 0 Å². The van der Waals surface area contributed by atoms with Crippen LogP contribution in [0.3, 0.4) is 0 Å². The van der Waals surface area contributed by atoms with Gasteiger partial charge in [0.15, 0.2) is 0 Å². The molecule has 0 amide bonds. The van der Waals surface area contributed by atoms with Crippen LogP contribution in [0.4, 0.5) is 0 Å². The predicted molar refractivity (Wildman–Crippen MR) is 39.6 cm³/mol. The molecule has 1 nitrogen and oxygen atoms in total. The highest BCUT2D eigenvalue weighted by Gasteiger charge is 2.43. The zero-order chi connectivity index (χ0) is 6.43. The van der Waals surface area contributed by atoms with E-state index in [2.05, 4.69) is 12.6 Å². The van der Waals surface area contributed by atoms with Crippen molar-refractivity contribution in [3.05, 3.63) is 0 Å². The predicted octanol–water partition coefficient (Wildman–Crippen LogP) is 1.08. The number of thiol groups is 1. The van der Waals surface area contributed by atoms with Crippen molar-refractivity contribution in [3.8, 4) is 0 Å². The van der Waals surface area contributed by atoms with Gasteiger partial charge in [0.1, 0.15) is 0 Å². The first kappa shape index (κ1) is 6.05. The molecule has 2 heteroatoms. The fourth-order valence-corrected chi connectivity index (χ4v) is 2.90. The third-order valence-electron chi connectivity index (χ3n) is 2.74. The quantitative estimate of drug-likeness (QED) is 0.487. The smallest absolute Gasteiger partial charge is 0.0581 e. The molecular weight excluding hydrogens is 132 g/mol. The molecule has 0 aromatic carbocycles. The Morgan fingerprint density at radius 1 is 1.22 bits per heavy atom. The largest absolute Gasteiger partial charge is 0.393 e. The first-order chi connectivity index (χ1) is 4.27. The fourth-order valence-electron chi connectivity index (χ4n) is 2.28. The molecule has 0 aromatic heterocycles. The van der Waals surface area contributed by atoms with E-state index in [0.717, 1.165) is 12.3 Å². The van der Waals surface area contributed by atoms with Crippen molar-refractivity contribution >= 4 is 12.6 Å². The highest BCUT2D eigenvalue weighted by Crippen LogP contribution is 2.46. The molecule has 2 saturated carbocycles. The summed E-state index contributed by atoms with van der Waals surface area (Å²) in [4.78, 5) is 0. The van der Waals surface area contributed by atoms with Crippen LogP contribution in [0.25, 0.3) is 0 Å². The van der Waals surface area contributed by atoms with Gasteiger partial charge in [0.05, 0.1) is 6.10 Å². The van der Waals surface area contributed by atoms with Gasteiger partial charge in [-0.3, -0.25) is 0 Å². The van der Waals surface area contributed by atoms with Crippen molar-refractivity contribution in [1.82, 2.24) is 0 Å². The first-order valence-electron chi connectivity index (χ1n) is 3.63. The second-order valence-electron chi connectivity index (χ2n) is 3.37. The average Bonchev–Trinajstić information content (AvgIpc) is 2.22. The Morgan fingerprint density at radius 3 is 2.33 bits per heavy atom. The van der Waals surface area contributed by atoms with Crippen LogP contribution in [0, 0.1) is 11.8 Å². The van der Waals surface area contributed by atoms with Gasteiger partial charge in [-0.2, -0.15) is 12.6 Å². The van der Waals surface area contributed by atoms with Crippen LogP contribution in [-0.2, 0) is 0 Å². The van der Waals surface area contributed by atoms with Crippen LogP contribution in [0.15, 0.2) is 0 Å². The molecular formula is C7H12OS. The van der Waals surface area contributed by atoms with Crippen LogP contribution >= 0.6 is 12.6 Å². The van der Waals surface area contributed by atoms with Gasteiger partial charge in [-0.1, -0.05) is 0 Å². The van der Waals surface area contributed by atoms with Crippen molar-refractivity contribution < 1.29 is 5.11 Å². The molecule has 2 aliphatic rings. The fraction of sp³-hybridized carbons (Fsp3) is 1.00. The maximum atomic E-state index is 9.34. The molecule has 4 unspecified atom stereocenters. The lowest BCUT2D eigenvalue weighted by Gasteiger charge is -2.21. The average molecular weight is 144 g/mol. The molecule has 0 saturated heterocycles. The van der Waals surface area contributed by atoms with Gasteiger partial charge < -0.3 is 5.11 Å². The van der Waals surface area contributed by atoms with Crippen LogP contribution in [0.1, 0.15) is 19.3 Å². The summed E-state index contributed by atoms with van der Waals surface area (Å²) >= 11 is 4.40. The number of rotatable bonds is 0. The zero-order valence-corrected chi connectivity index (χ0v) is 6.22. The standard InChI is InChI=1S/C7H12OS/c8-6-2-4-1-5(6)7(9)3-4/h4-9H,1-3H2. The van der Waals surface area contributed by atoms with E-state index in [9.17, 15) is 5.11 Å². The topological polar surface area (TPSA) is 20.2 Å². The molecule has 2 bridgehead atoms. The summed E-state index contributed by atoms with van der Waals surface area (Å²) in [5.41, 5.74) is 0. The van der Waals surface area contributed by atoms with Crippen molar-refractivity contribution in [3.63, 3.8) is 0 Å². The number of aliphatic hydroxyl groups is 1. The van der Waals surface area contributed by atoms with E-state index >= 15 is 0 Å². The maximum Gasteiger partial charge on any atom is 0.0581 e. The molecule has 0 heterocycles. The lowest BCUT2D eigenvalue weighted by atomic mass is 9.97. The molecule has 2 rings (SSSR count). The van der Waals surface area contributed by atoms with Crippen molar-refractivity contribution in [2.75, 3.05) is 0 Å². The van der Waals surface area contributed by atoms with Gasteiger partial charge in [0.25, 0.3) is 0 Å². The number of aliphatic hydroxyl groups excluding tert-OH is 1. The third-order valence-corrected chi connectivity index (χ3v) is 3.34. The summed E-state index contributed by atoms with van der Waals surface area (Å²) in [7, 11) is 0. The number of hydrogen-bond donors (Lipinski definition) is 2. The second kappa shape index (κ2) is 1.89. The summed E-state index contributed by atoms with van der Waals surface area (Å²) in [6.07, 6.45) is 3.49. The Morgan fingerprint density at radius 2 is 2.00 bits per heavy atom. The Kier molecular flexibility index (Phi) is 1.27. The van der Waals surface area contributed by atoms with Gasteiger partial charge in [0.2, 0.25) is 0 Å². The first-order valence-corrected chi connectivity index (χ1v) is 4.15. The molecule has 0 aromatic rings. The molecule has 9 heavy (non-hydrogen) atoms. The van der Waals surface area contributed by atoms with Gasteiger partial charge in [-0.15, -0.1) is 0 Å². The zero-order valence-electron chi connectivity index (χ0n) is 5.33. The lowest BCUT2D eigenvalue weighted by Crippen LogP contribution is -2.24. The number of fused-ring (bicyclic) bond motifs is 2. The molecule has 0 aliphatic heterocycles. The van der Waals surface area contributed by atoms with Gasteiger partial charge in [-0.25, -0.2) is 0 Å². The molecule has 0 spiro atoms. The third kappa shape index (κ3) is 0.802. The van der Waals surface area contributed by atoms with E-state index in [1.54, 1.807) is 0 Å². The normalized spacial score (nSPS) is 56.7. The maximum absolute atomic E-state index is 9.34. The van der Waals surface area contributed by atoms with E-state index in [-0.39, 0.29) is 6.10 Å². The summed E-state index contributed by atoms with van der Waals surface area (Å²) in [5.74, 6) is 1.32. The summed E-state index contributed by atoms with van der Waals surface area (Å²) in [5, 5.41) is 9.84. The lowest BCUT2D eigenvalue weighted by molar-refractivity contribution is 0.117. The SMILES string of the molecule is OC1CC2CC(S)C1C2. The van der Waals surface area contributed by atoms with E-state index < -0.39 is 0 Å². The van der Waals surface area contributed by atoms with Crippen LogP contribution in [-0.4, -0.2) is 16.5 Å². The Bertz CT molecular complexity index is 114. The Balaban J connectivity index is 2.13. The Labute approximate surface area is 60.9 Å². The minimum atomic E-state index is -0.0220. The van der Waals surface area contributed by atoms with Crippen molar-refractivity contribution in [2.24, 2.45) is 11.8 Å². The molecule has 1 N–H and O–H groups in total. The van der Waals surface area contributed by atoms with Crippen LogP contribution in [0.2, 0.25) is 0 Å². The molecule has 2 aliphatic carbocycles. The van der Waals surface area contributed by atoms with Crippen LogP contribution in [0.5, 0.6) is 0 Å². The second-order valence-corrected chi connectivity index (χ2v) is 4.03. The van der Waals surface area contributed by atoms with Crippen LogP contribution < -0.4 is 0 Å². The monoisotopic (exact) mass is 144 g/mol. The summed E-state index contributed by atoms with van der Waals surface area (Å²) in [6, 6.07) is 0. The highest BCUT2D eigenvalue weighted by atomic mass is 32.1. The molecule has 0 radical (unpaired) electrons. The van der Waals surface area contributed by atoms with Gasteiger partial charge in [0, 0.05) is 5.25 Å². The number of hydrogen-bond acceptors (Lipinski definition) is 2. The molecule has 2 fully saturated rings. The van der Waals surface area contributed by atoms with E-state index in [1.807, 2.05) is 0 Å². The highest BCUT2D eigenvalue weighted by molar-refractivity contribution is 7.81. The minimum absolute atomic E-state index is 0.0220. The van der Waals surface area contributed by atoms with Crippen molar-refractivity contribution in [2.45, 2.75) is 30.6 Å². The molecule has 52 valence electrons. The Hall–Kier alpha value is 0.310. The van der Waals surface area contributed by atoms with E-state index in [0.29, 0.717) is 11.2 Å². The van der Waals surface area contributed by atoms with Crippen molar-refractivity contribution in [1.29, 1.82) is 0 Å². The summed E-state index contributed by atoms with van der Waals surface area (Å²) < 4.78 is 0. The van der Waals surface area contributed by atoms with Gasteiger partial charge in [-0.05, 0) is 31.1 Å². The minimum Gasteiger partial charge on any atom is -0.393 e. The van der Waals surface area contributed by atoms with Gasteiger partial charge >= 0.3 is 0 Å². The van der Waals surface area contributed by atoms with E-state index in [1.165, 1.54) is 12.8 Å². The summed E-state index contributed by atoms with van der Waals surface area (Å²) in [6.45, 7) is 0.